The smallest absolute Gasteiger partial charge is 0.203 e. The van der Waals surface area contributed by atoms with Gasteiger partial charge >= 0.3 is 15.5 Å². The van der Waals surface area contributed by atoms with Crippen LogP contribution < -0.4 is 4.72 Å². The van der Waals surface area contributed by atoms with Crippen molar-refractivity contribution < 1.29 is 21.6 Å². The number of hydrogen-bond donors (Lipinski definition) is 1. The van der Waals surface area contributed by atoms with Crippen LogP contribution in [0.1, 0.15) is 41.5 Å². The summed E-state index contributed by atoms with van der Waals surface area (Å²) in [6.07, 6.45) is 0. The van der Waals surface area contributed by atoms with E-state index in [4.69, 9.17) is 0 Å². The predicted octanol–water partition coefficient (Wildman–Crippen LogP) is 2.89. The van der Waals surface area contributed by atoms with E-state index >= 15 is 0 Å². The number of rotatable bonds is 2. The fourth-order valence-electron chi connectivity index (χ4n) is 1.87. The van der Waals surface area contributed by atoms with Gasteiger partial charge in [-0.25, -0.2) is 13.1 Å². The number of nitrogens with one attached hydrogen (secondary N) is 1. The van der Waals surface area contributed by atoms with Crippen LogP contribution in [0.4, 0.5) is 13.2 Å². The molecule has 0 fully saturated rings. The molecule has 0 aliphatic rings. The molecule has 104 valence electrons. The number of alkyl halides is 3. The summed E-state index contributed by atoms with van der Waals surface area (Å²) in [6, 6.07) is -0.818. The average Bonchev–Trinajstić information content (AvgIpc) is 1.93. The van der Waals surface area contributed by atoms with Gasteiger partial charge in [0.05, 0.1) is 0 Å². The van der Waals surface area contributed by atoms with Crippen molar-refractivity contribution in [3.8, 4) is 0 Å². The Kier molecular flexibility index (Phi) is 4.34. The van der Waals surface area contributed by atoms with Crippen molar-refractivity contribution in [2.45, 2.75) is 53.1 Å². The van der Waals surface area contributed by atoms with Gasteiger partial charge in [-0.05, 0) is 10.8 Å². The Morgan fingerprint density at radius 3 is 1.35 bits per heavy atom. The molecule has 0 rings (SSSR count). The van der Waals surface area contributed by atoms with E-state index in [2.05, 4.69) is 0 Å². The summed E-state index contributed by atoms with van der Waals surface area (Å²) in [5, 5.41) is 0. The molecule has 0 aliphatic heterocycles. The maximum atomic E-state index is 12.3. The molecule has 0 amide bonds. The average molecular weight is 275 g/mol. The first-order chi connectivity index (χ1) is 7.09. The standard InChI is InChI=1S/C10H20F3NO2S/c1-8(2,3)7(9(4,5)6)14-17(15,16)10(11,12)13/h7,14H,1-6H3. The molecule has 7 heteroatoms. The highest BCUT2D eigenvalue weighted by atomic mass is 32.2. The topological polar surface area (TPSA) is 46.2 Å². The van der Waals surface area contributed by atoms with Crippen molar-refractivity contribution in [2.75, 3.05) is 0 Å². The van der Waals surface area contributed by atoms with Crippen LogP contribution in [0.2, 0.25) is 0 Å². The van der Waals surface area contributed by atoms with E-state index in [1.165, 1.54) is 0 Å². The fourth-order valence-corrected chi connectivity index (χ4v) is 3.03. The fraction of sp³-hybridized carbons (Fsp3) is 1.00. The lowest BCUT2D eigenvalue weighted by molar-refractivity contribution is -0.0461. The molecule has 0 saturated carbocycles. The second-order valence-corrected chi connectivity index (χ2v) is 7.94. The molecule has 0 aromatic heterocycles. The van der Waals surface area contributed by atoms with Gasteiger partial charge in [-0.3, -0.25) is 0 Å². The zero-order valence-corrected chi connectivity index (χ0v) is 11.8. The third kappa shape index (κ3) is 4.46. The highest BCUT2D eigenvalue weighted by molar-refractivity contribution is 7.90. The van der Waals surface area contributed by atoms with Gasteiger partial charge in [0.25, 0.3) is 0 Å². The normalized spacial score (nSPS) is 15.4. The minimum atomic E-state index is -5.31. The van der Waals surface area contributed by atoms with E-state index in [1.807, 2.05) is 0 Å². The van der Waals surface area contributed by atoms with E-state index < -0.39 is 32.4 Å². The first-order valence-corrected chi connectivity index (χ1v) is 6.66. The lowest BCUT2D eigenvalue weighted by atomic mass is 9.73. The van der Waals surface area contributed by atoms with Crippen LogP contribution >= 0.6 is 0 Å². The lowest BCUT2D eigenvalue weighted by Gasteiger charge is -2.40. The van der Waals surface area contributed by atoms with Gasteiger partial charge in [-0.15, -0.1) is 0 Å². The summed E-state index contributed by atoms with van der Waals surface area (Å²) in [4.78, 5) is 0. The lowest BCUT2D eigenvalue weighted by Crippen LogP contribution is -2.54. The van der Waals surface area contributed by atoms with Gasteiger partial charge in [0.2, 0.25) is 0 Å². The molecular formula is C10H20F3NO2S. The number of hydrogen-bond acceptors (Lipinski definition) is 2. The summed E-state index contributed by atoms with van der Waals surface area (Å²) in [7, 11) is -5.31. The highest BCUT2D eigenvalue weighted by Crippen LogP contribution is 2.35. The molecule has 0 aromatic carbocycles. The quantitative estimate of drug-likeness (QED) is 0.842. The van der Waals surface area contributed by atoms with Crippen molar-refractivity contribution in [2.24, 2.45) is 10.8 Å². The summed E-state index contributed by atoms with van der Waals surface area (Å²) < 4.78 is 61.0. The van der Waals surface area contributed by atoms with Crippen LogP contribution in [-0.4, -0.2) is 20.0 Å². The van der Waals surface area contributed by atoms with Gasteiger partial charge in [0.1, 0.15) is 0 Å². The van der Waals surface area contributed by atoms with Gasteiger partial charge in [0.15, 0.2) is 0 Å². The maximum absolute atomic E-state index is 12.3. The van der Waals surface area contributed by atoms with Crippen LogP contribution in [0.5, 0.6) is 0 Å². The molecule has 0 heterocycles. The molecule has 0 bridgehead atoms. The molecule has 0 spiro atoms. The van der Waals surface area contributed by atoms with Crippen molar-refractivity contribution in [3.63, 3.8) is 0 Å². The van der Waals surface area contributed by atoms with Crippen molar-refractivity contribution in [1.82, 2.24) is 4.72 Å². The predicted molar refractivity (Wildman–Crippen MR) is 60.8 cm³/mol. The minimum Gasteiger partial charge on any atom is -0.203 e. The zero-order valence-electron chi connectivity index (χ0n) is 10.9. The number of sulfonamides is 1. The van der Waals surface area contributed by atoms with Gasteiger partial charge < -0.3 is 0 Å². The Hall–Kier alpha value is -0.300. The summed E-state index contributed by atoms with van der Waals surface area (Å²) >= 11 is 0. The zero-order chi connectivity index (χ0) is 14.3. The molecule has 0 saturated heterocycles. The molecular weight excluding hydrogens is 255 g/mol. The maximum Gasteiger partial charge on any atom is 0.511 e. The molecule has 0 aliphatic carbocycles. The van der Waals surface area contributed by atoms with E-state index in [1.54, 1.807) is 46.3 Å². The molecule has 0 aromatic rings. The Bertz CT molecular complexity index is 346. The molecule has 0 atom stereocenters. The first kappa shape index (κ1) is 16.7. The van der Waals surface area contributed by atoms with Crippen LogP contribution in [0.25, 0.3) is 0 Å². The van der Waals surface area contributed by atoms with E-state index in [-0.39, 0.29) is 0 Å². The third-order valence-electron chi connectivity index (χ3n) is 2.31. The highest BCUT2D eigenvalue weighted by Gasteiger charge is 2.49. The monoisotopic (exact) mass is 275 g/mol. The molecule has 1 N–H and O–H groups in total. The van der Waals surface area contributed by atoms with E-state index in [0.717, 1.165) is 0 Å². The Labute approximate surface area is 101 Å². The van der Waals surface area contributed by atoms with Crippen LogP contribution in [0.3, 0.4) is 0 Å². The van der Waals surface area contributed by atoms with Crippen molar-refractivity contribution in [1.29, 1.82) is 0 Å². The van der Waals surface area contributed by atoms with Crippen LogP contribution in [0, 0.1) is 10.8 Å². The van der Waals surface area contributed by atoms with Gasteiger partial charge in [0, 0.05) is 6.04 Å². The second-order valence-electron chi connectivity index (χ2n) is 6.23. The van der Waals surface area contributed by atoms with Crippen molar-refractivity contribution in [3.05, 3.63) is 0 Å². The number of halogens is 3. The Morgan fingerprint density at radius 1 is 0.882 bits per heavy atom. The van der Waals surface area contributed by atoms with Gasteiger partial charge in [-0.2, -0.15) is 13.2 Å². The van der Waals surface area contributed by atoms with E-state index in [9.17, 15) is 21.6 Å². The molecule has 0 radical (unpaired) electrons. The van der Waals surface area contributed by atoms with Crippen LogP contribution in [0.15, 0.2) is 0 Å². The van der Waals surface area contributed by atoms with Gasteiger partial charge in [-0.1, -0.05) is 41.5 Å². The first-order valence-electron chi connectivity index (χ1n) is 5.17. The third-order valence-corrected chi connectivity index (χ3v) is 3.47. The molecule has 17 heavy (non-hydrogen) atoms. The Morgan fingerprint density at radius 2 is 1.18 bits per heavy atom. The second kappa shape index (κ2) is 4.42. The Balaban J connectivity index is 5.33. The van der Waals surface area contributed by atoms with Crippen molar-refractivity contribution >= 4 is 10.0 Å². The van der Waals surface area contributed by atoms with E-state index in [0.29, 0.717) is 0 Å². The molecule has 0 unspecified atom stereocenters. The largest absolute Gasteiger partial charge is 0.511 e. The summed E-state index contributed by atoms with van der Waals surface area (Å²) in [5.41, 5.74) is -6.51. The minimum absolute atomic E-state index is 0.615. The SMILES string of the molecule is CC(C)(C)C(NS(=O)(=O)C(F)(F)F)C(C)(C)C. The molecule has 3 nitrogen and oxygen atoms in total. The summed E-state index contributed by atoms with van der Waals surface area (Å²) in [6.45, 7) is 10.2. The van der Waals surface area contributed by atoms with Crippen LogP contribution in [-0.2, 0) is 10.0 Å². The summed E-state index contributed by atoms with van der Waals surface area (Å²) in [5.74, 6) is 0.